The van der Waals surface area contributed by atoms with Crippen LogP contribution in [0.5, 0.6) is 11.6 Å². The molecule has 20 heavy (non-hydrogen) atoms. The largest absolute Gasteiger partial charge is 0.431 e. The molecule has 0 radical (unpaired) electrons. The van der Waals surface area contributed by atoms with Gasteiger partial charge in [-0.2, -0.15) is 5.10 Å². The van der Waals surface area contributed by atoms with Crippen LogP contribution in [0.4, 0.5) is 5.69 Å². The van der Waals surface area contributed by atoms with Gasteiger partial charge in [0.2, 0.25) is 11.6 Å². The number of nitrogens with zero attached hydrogens (tertiary/aromatic N) is 3. The van der Waals surface area contributed by atoms with Gasteiger partial charge in [0.15, 0.2) is 0 Å². The molecule has 0 bridgehead atoms. The van der Waals surface area contributed by atoms with Crippen LogP contribution in [-0.2, 0) is 12.4 Å². The first-order valence-corrected chi connectivity index (χ1v) is 7.56. The summed E-state index contributed by atoms with van der Waals surface area (Å²) in [7, 11) is 1.73. The van der Waals surface area contributed by atoms with Crippen molar-refractivity contribution in [3.63, 3.8) is 0 Å². The lowest BCUT2D eigenvalue weighted by Gasteiger charge is -2.09. The van der Waals surface area contributed by atoms with Gasteiger partial charge in [-0.1, -0.05) is 22.0 Å². The topological polar surface area (TPSA) is 70.2 Å². The lowest BCUT2D eigenvalue weighted by atomic mass is 10.3. The maximum absolute atomic E-state index is 11.1. The van der Waals surface area contributed by atoms with Crippen LogP contribution in [0.3, 0.4) is 0 Å². The van der Waals surface area contributed by atoms with Crippen molar-refractivity contribution in [2.45, 2.75) is 12.3 Å². The SMILES string of the molecule is Cc1nn(C)c(Oc2c(Br)cccc2[N+](=O)[O-])c1CBr. The van der Waals surface area contributed by atoms with Crippen LogP contribution in [-0.4, -0.2) is 14.7 Å². The number of hydrogen-bond donors (Lipinski definition) is 0. The number of aromatic nitrogens is 2. The molecule has 0 unspecified atom stereocenters. The minimum atomic E-state index is -0.475. The van der Waals surface area contributed by atoms with Gasteiger partial charge in [-0.15, -0.1) is 0 Å². The molecule has 0 atom stereocenters. The van der Waals surface area contributed by atoms with Gasteiger partial charge >= 0.3 is 5.69 Å². The van der Waals surface area contributed by atoms with E-state index >= 15 is 0 Å². The summed E-state index contributed by atoms with van der Waals surface area (Å²) in [5.74, 6) is 0.650. The molecule has 0 spiro atoms. The summed E-state index contributed by atoms with van der Waals surface area (Å²) in [6.07, 6.45) is 0. The average molecular weight is 405 g/mol. The number of rotatable bonds is 4. The zero-order valence-electron chi connectivity index (χ0n) is 10.8. The first-order valence-electron chi connectivity index (χ1n) is 5.65. The Morgan fingerprint density at radius 2 is 2.20 bits per heavy atom. The second-order valence-electron chi connectivity index (χ2n) is 4.07. The normalized spacial score (nSPS) is 10.6. The first-order chi connectivity index (χ1) is 9.45. The minimum Gasteiger partial charge on any atom is -0.431 e. The maximum Gasteiger partial charge on any atom is 0.312 e. The Morgan fingerprint density at radius 1 is 1.50 bits per heavy atom. The number of benzene rings is 1. The molecule has 2 rings (SSSR count). The summed E-state index contributed by atoms with van der Waals surface area (Å²) in [6.45, 7) is 1.86. The van der Waals surface area contributed by atoms with Crippen LogP contribution in [0.25, 0.3) is 0 Å². The number of halogens is 2. The van der Waals surface area contributed by atoms with Crippen molar-refractivity contribution in [1.29, 1.82) is 0 Å². The van der Waals surface area contributed by atoms with Crippen LogP contribution < -0.4 is 4.74 Å². The van der Waals surface area contributed by atoms with E-state index in [1.807, 2.05) is 6.92 Å². The van der Waals surface area contributed by atoms with Gasteiger partial charge in [0, 0.05) is 24.0 Å². The van der Waals surface area contributed by atoms with Crippen molar-refractivity contribution in [2.24, 2.45) is 7.05 Å². The summed E-state index contributed by atoms with van der Waals surface area (Å²) in [5, 5.41) is 15.9. The van der Waals surface area contributed by atoms with E-state index in [-0.39, 0.29) is 11.4 Å². The fourth-order valence-corrected chi connectivity index (χ4v) is 2.88. The van der Waals surface area contributed by atoms with Crippen molar-refractivity contribution in [1.82, 2.24) is 9.78 Å². The summed E-state index contributed by atoms with van der Waals surface area (Å²) < 4.78 is 7.84. The third-order valence-corrected chi connectivity index (χ3v) is 3.95. The van der Waals surface area contributed by atoms with Gasteiger partial charge in [0.25, 0.3) is 0 Å². The highest BCUT2D eigenvalue weighted by Gasteiger charge is 2.22. The molecule has 106 valence electrons. The summed E-state index contributed by atoms with van der Waals surface area (Å²) in [6, 6.07) is 4.69. The lowest BCUT2D eigenvalue weighted by molar-refractivity contribution is -0.385. The molecular formula is C12H11Br2N3O3. The highest BCUT2D eigenvalue weighted by atomic mass is 79.9. The molecule has 0 aliphatic rings. The monoisotopic (exact) mass is 403 g/mol. The molecule has 6 nitrogen and oxygen atoms in total. The zero-order valence-corrected chi connectivity index (χ0v) is 13.9. The standard InChI is InChI=1S/C12H11Br2N3O3/c1-7-8(6-13)12(16(2)15-7)20-11-9(14)4-3-5-10(11)17(18)19/h3-5H,6H2,1-2H3. The van der Waals surface area contributed by atoms with Crippen molar-refractivity contribution >= 4 is 37.5 Å². The van der Waals surface area contributed by atoms with Gasteiger partial charge in [0.1, 0.15) is 0 Å². The third kappa shape index (κ3) is 2.71. The predicted octanol–water partition coefficient (Wildman–Crippen LogP) is 4.09. The number of nitro benzene ring substituents is 1. The molecule has 1 heterocycles. The highest BCUT2D eigenvalue weighted by Crippen LogP contribution is 2.39. The van der Waals surface area contributed by atoms with E-state index in [4.69, 9.17) is 4.74 Å². The molecule has 8 heteroatoms. The molecule has 0 aliphatic heterocycles. The summed E-state index contributed by atoms with van der Waals surface area (Å²) >= 11 is 6.65. The quantitative estimate of drug-likeness (QED) is 0.437. The third-order valence-electron chi connectivity index (χ3n) is 2.76. The number of hydrogen-bond acceptors (Lipinski definition) is 4. The first kappa shape index (κ1) is 15.0. The maximum atomic E-state index is 11.1. The van der Waals surface area contributed by atoms with Crippen molar-refractivity contribution in [3.8, 4) is 11.6 Å². The Hall–Kier alpha value is -1.41. The number of aryl methyl sites for hydroxylation is 2. The highest BCUT2D eigenvalue weighted by molar-refractivity contribution is 9.10. The molecule has 0 N–H and O–H groups in total. The van der Waals surface area contributed by atoms with Gasteiger partial charge in [-0.3, -0.25) is 10.1 Å². The number of nitro groups is 1. The minimum absolute atomic E-state index is 0.0984. The average Bonchev–Trinajstić information content (AvgIpc) is 2.65. The lowest BCUT2D eigenvalue weighted by Crippen LogP contribution is -2.00. The fraction of sp³-hybridized carbons (Fsp3) is 0.250. The molecular weight excluding hydrogens is 394 g/mol. The second-order valence-corrected chi connectivity index (χ2v) is 5.49. The van der Waals surface area contributed by atoms with Gasteiger partial charge in [0.05, 0.1) is 15.1 Å². The van der Waals surface area contributed by atoms with E-state index in [0.29, 0.717) is 15.7 Å². The number of para-hydroxylation sites is 1. The Balaban J connectivity index is 2.53. The van der Waals surface area contributed by atoms with E-state index in [1.54, 1.807) is 23.9 Å². The molecule has 1 aromatic heterocycles. The molecule has 0 saturated carbocycles. The van der Waals surface area contributed by atoms with E-state index < -0.39 is 4.92 Å². The Kier molecular flexibility index (Phi) is 4.44. The zero-order chi connectivity index (χ0) is 14.9. The van der Waals surface area contributed by atoms with Gasteiger partial charge < -0.3 is 4.74 Å². The Bertz CT molecular complexity index is 670. The van der Waals surface area contributed by atoms with E-state index in [9.17, 15) is 10.1 Å². The van der Waals surface area contributed by atoms with Crippen molar-refractivity contribution < 1.29 is 9.66 Å². The second kappa shape index (κ2) is 5.92. The summed E-state index contributed by atoms with van der Waals surface area (Å²) in [4.78, 5) is 10.6. The van der Waals surface area contributed by atoms with Crippen LogP contribution in [0, 0.1) is 17.0 Å². The summed E-state index contributed by atoms with van der Waals surface area (Å²) in [5.41, 5.74) is 1.57. The Labute approximate surface area is 132 Å². The molecule has 0 amide bonds. The van der Waals surface area contributed by atoms with E-state index in [0.717, 1.165) is 11.3 Å². The van der Waals surface area contributed by atoms with E-state index in [1.165, 1.54) is 6.07 Å². The molecule has 1 aromatic carbocycles. The molecule has 0 aliphatic carbocycles. The Morgan fingerprint density at radius 3 is 2.80 bits per heavy atom. The van der Waals surface area contributed by atoms with Crippen LogP contribution >= 0.6 is 31.9 Å². The molecule has 0 saturated heterocycles. The fourth-order valence-electron chi connectivity index (χ4n) is 1.80. The van der Waals surface area contributed by atoms with Gasteiger partial charge in [-0.25, -0.2) is 4.68 Å². The van der Waals surface area contributed by atoms with Crippen molar-refractivity contribution in [3.05, 3.63) is 44.0 Å². The number of alkyl halides is 1. The van der Waals surface area contributed by atoms with Crippen molar-refractivity contribution in [2.75, 3.05) is 0 Å². The smallest absolute Gasteiger partial charge is 0.312 e. The predicted molar refractivity (Wildman–Crippen MR) is 81.4 cm³/mol. The molecule has 2 aromatic rings. The van der Waals surface area contributed by atoms with Crippen LogP contribution in [0.1, 0.15) is 11.3 Å². The van der Waals surface area contributed by atoms with Crippen LogP contribution in [0.2, 0.25) is 0 Å². The molecule has 0 fully saturated rings. The van der Waals surface area contributed by atoms with Crippen LogP contribution in [0.15, 0.2) is 22.7 Å². The van der Waals surface area contributed by atoms with Gasteiger partial charge in [-0.05, 0) is 28.9 Å². The van der Waals surface area contributed by atoms with E-state index in [2.05, 4.69) is 37.0 Å². The number of ether oxygens (including phenoxy) is 1.